The minimum Gasteiger partial charge on any atom is -0.396 e. The molecule has 3 nitrogen and oxygen atoms in total. The summed E-state index contributed by atoms with van der Waals surface area (Å²) in [6.45, 7) is 0.166. The summed E-state index contributed by atoms with van der Waals surface area (Å²) in [5.74, 6) is -0.133. The van der Waals surface area contributed by atoms with Gasteiger partial charge in [0, 0.05) is 18.6 Å². The first-order valence-corrected chi connectivity index (χ1v) is 7.48. The van der Waals surface area contributed by atoms with Gasteiger partial charge in [0.2, 0.25) is 0 Å². The van der Waals surface area contributed by atoms with Crippen molar-refractivity contribution in [3.05, 3.63) is 77.9 Å². The molecule has 1 aliphatic carbocycles. The van der Waals surface area contributed by atoms with Crippen molar-refractivity contribution in [3.8, 4) is 0 Å². The lowest BCUT2D eigenvalue weighted by Crippen LogP contribution is -2.32. The summed E-state index contributed by atoms with van der Waals surface area (Å²) in [5, 5.41) is 12.8. The van der Waals surface area contributed by atoms with E-state index in [1.807, 2.05) is 36.4 Å². The summed E-state index contributed by atoms with van der Waals surface area (Å²) in [6, 6.07) is 13.2. The molecule has 1 unspecified atom stereocenters. The number of halogens is 1. The van der Waals surface area contributed by atoms with Crippen LogP contribution < -0.4 is 5.32 Å². The van der Waals surface area contributed by atoms with Crippen LogP contribution in [0.2, 0.25) is 0 Å². The van der Waals surface area contributed by atoms with Gasteiger partial charge in [-0.3, -0.25) is 10.3 Å². The lowest BCUT2D eigenvalue weighted by atomic mass is 10.0. The molecule has 1 aromatic heterocycles. The van der Waals surface area contributed by atoms with E-state index in [0.29, 0.717) is 0 Å². The maximum absolute atomic E-state index is 13.1. The van der Waals surface area contributed by atoms with Crippen molar-refractivity contribution in [2.75, 3.05) is 6.61 Å². The molecular formula is C18H19FN2O. The average molecular weight is 298 g/mol. The number of rotatable bonds is 5. The van der Waals surface area contributed by atoms with E-state index in [-0.39, 0.29) is 30.4 Å². The number of aromatic nitrogens is 1. The number of pyridine rings is 1. The highest BCUT2D eigenvalue weighted by Crippen LogP contribution is 2.25. The molecule has 0 spiro atoms. The van der Waals surface area contributed by atoms with Gasteiger partial charge in [0.25, 0.3) is 0 Å². The Hall–Kier alpha value is -2.04. The first-order chi connectivity index (χ1) is 10.8. The molecule has 0 saturated carbocycles. The van der Waals surface area contributed by atoms with E-state index in [9.17, 15) is 9.50 Å². The third-order valence-electron chi connectivity index (χ3n) is 3.97. The van der Waals surface area contributed by atoms with E-state index < -0.39 is 0 Å². The van der Waals surface area contributed by atoms with Gasteiger partial charge < -0.3 is 5.11 Å². The van der Waals surface area contributed by atoms with E-state index >= 15 is 0 Å². The molecule has 2 N–H and O–H groups in total. The first kappa shape index (κ1) is 14.9. The Labute approximate surface area is 129 Å². The third-order valence-corrected chi connectivity index (χ3v) is 3.97. The lowest BCUT2D eigenvalue weighted by Gasteiger charge is -2.23. The quantitative estimate of drug-likeness (QED) is 0.834. The van der Waals surface area contributed by atoms with Gasteiger partial charge in [-0.2, -0.15) is 0 Å². The van der Waals surface area contributed by atoms with Crippen LogP contribution in [0.5, 0.6) is 0 Å². The number of hydrogen-bond donors (Lipinski definition) is 2. The zero-order valence-corrected chi connectivity index (χ0v) is 12.2. The van der Waals surface area contributed by atoms with Crippen LogP contribution in [-0.4, -0.2) is 22.7 Å². The molecule has 0 radical (unpaired) electrons. The van der Waals surface area contributed by atoms with Gasteiger partial charge in [0.1, 0.15) is 5.82 Å². The Bertz CT molecular complexity index is 627. The second-order valence-corrected chi connectivity index (χ2v) is 5.58. The molecule has 0 fully saturated rings. The van der Waals surface area contributed by atoms with Gasteiger partial charge in [-0.15, -0.1) is 0 Å². The van der Waals surface area contributed by atoms with Gasteiger partial charge in [-0.25, -0.2) is 4.39 Å². The average Bonchev–Trinajstić information content (AvgIpc) is 3.02. The number of nitrogens with one attached hydrogen (secondary N) is 1. The van der Waals surface area contributed by atoms with Gasteiger partial charge in [0.05, 0.1) is 17.9 Å². The van der Waals surface area contributed by atoms with Crippen LogP contribution in [0.4, 0.5) is 4.39 Å². The van der Waals surface area contributed by atoms with Gasteiger partial charge >= 0.3 is 0 Å². The minimum absolute atomic E-state index is 0.103. The van der Waals surface area contributed by atoms with Crippen LogP contribution in [0.25, 0.3) is 0 Å². The van der Waals surface area contributed by atoms with Crippen LogP contribution in [-0.2, 0) is 0 Å². The highest BCUT2D eigenvalue weighted by atomic mass is 19.1. The summed E-state index contributed by atoms with van der Waals surface area (Å²) in [5.41, 5.74) is 1.87. The zero-order valence-electron chi connectivity index (χ0n) is 12.2. The molecule has 2 aromatic rings. The summed E-state index contributed by atoms with van der Waals surface area (Å²) >= 11 is 0. The third kappa shape index (κ3) is 3.40. The maximum atomic E-state index is 13.1. The van der Waals surface area contributed by atoms with Gasteiger partial charge in [0.15, 0.2) is 0 Å². The van der Waals surface area contributed by atoms with Crippen molar-refractivity contribution in [3.63, 3.8) is 0 Å². The van der Waals surface area contributed by atoms with Crippen LogP contribution in [0.15, 0.2) is 60.8 Å². The Morgan fingerprint density at radius 2 is 2.00 bits per heavy atom. The molecule has 0 saturated heterocycles. The number of aliphatic hydroxyl groups excluding tert-OH is 1. The minimum atomic E-state index is -0.336. The predicted molar refractivity (Wildman–Crippen MR) is 83.7 cm³/mol. The number of hydrogen-bond acceptors (Lipinski definition) is 3. The molecule has 1 heterocycles. The summed E-state index contributed by atoms with van der Waals surface area (Å²) in [4.78, 5) is 4.23. The summed E-state index contributed by atoms with van der Waals surface area (Å²) in [7, 11) is 0. The van der Waals surface area contributed by atoms with Crippen LogP contribution in [0, 0.1) is 11.7 Å². The Morgan fingerprint density at radius 1 is 1.18 bits per heavy atom. The number of nitrogens with zero attached hydrogens (tertiary/aromatic N) is 1. The molecule has 1 aliphatic rings. The molecule has 0 aliphatic heterocycles. The predicted octanol–water partition coefficient (Wildman–Crippen LogP) is 2.84. The second-order valence-electron chi connectivity index (χ2n) is 5.58. The van der Waals surface area contributed by atoms with Crippen molar-refractivity contribution >= 4 is 0 Å². The molecule has 3 atom stereocenters. The first-order valence-electron chi connectivity index (χ1n) is 7.48. The van der Waals surface area contributed by atoms with Crippen molar-refractivity contribution in [1.82, 2.24) is 10.3 Å². The fraction of sp³-hybridized carbons (Fsp3) is 0.278. The van der Waals surface area contributed by atoms with E-state index in [0.717, 1.165) is 17.7 Å². The summed E-state index contributed by atoms with van der Waals surface area (Å²) in [6.07, 6.45) is 6.23. The number of benzene rings is 1. The molecule has 0 bridgehead atoms. The van der Waals surface area contributed by atoms with Crippen LogP contribution in [0.1, 0.15) is 23.7 Å². The Balaban J connectivity index is 1.84. The Morgan fingerprint density at radius 3 is 2.64 bits per heavy atom. The zero-order chi connectivity index (χ0) is 15.4. The molecule has 0 amide bonds. The molecule has 1 aromatic carbocycles. The van der Waals surface area contributed by atoms with Gasteiger partial charge in [-0.05, 0) is 24.1 Å². The molecular weight excluding hydrogens is 279 g/mol. The lowest BCUT2D eigenvalue weighted by molar-refractivity contribution is 0.245. The molecule has 114 valence electrons. The van der Waals surface area contributed by atoms with E-state index in [2.05, 4.69) is 16.4 Å². The smallest absolute Gasteiger partial charge is 0.141 e. The topological polar surface area (TPSA) is 45.1 Å². The van der Waals surface area contributed by atoms with E-state index in [4.69, 9.17) is 0 Å². The largest absolute Gasteiger partial charge is 0.396 e. The van der Waals surface area contributed by atoms with Crippen LogP contribution >= 0.6 is 0 Å². The van der Waals surface area contributed by atoms with Crippen molar-refractivity contribution in [1.29, 1.82) is 0 Å². The fourth-order valence-corrected chi connectivity index (χ4v) is 2.80. The fourth-order valence-electron chi connectivity index (χ4n) is 2.80. The van der Waals surface area contributed by atoms with E-state index in [1.165, 1.54) is 12.3 Å². The molecule has 22 heavy (non-hydrogen) atoms. The monoisotopic (exact) mass is 298 g/mol. The normalized spacial score (nSPS) is 21.9. The van der Waals surface area contributed by atoms with Crippen molar-refractivity contribution < 1.29 is 9.50 Å². The maximum Gasteiger partial charge on any atom is 0.141 e. The SMILES string of the molecule is OC[C@H]1C=C[C@@H](NC(c2ccccc2)c2ccc(F)cn2)C1. The van der Waals surface area contributed by atoms with Crippen molar-refractivity contribution in [2.45, 2.75) is 18.5 Å². The molecule has 4 heteroatoms. The second kappa shape index (κ2) is 6.81. The highest BCUT2D eigenvalue weighted by molar-refractivity contribution is 5.28. The van der Waals surface area contributed by atoms with Crippen molar-refractivity contribution in [2.24, 2.45) is 5.92 Å². The Kier molecular flexibility index (Phi) is 4.61. The summed E-state index contributed by atoms with van der Waals surface area (Å²) < 4.78 is 13.1. The molecule has 3 rings (SSSR count). The van der Waals surface area contributed by atoms with Gasteiger partial charge in [-0.1, -0.05) is 42.5 Å². The van der Waals surface area contributed by atoms with Crippen LogP contribution in [0.3, 0.4) is 0 Å². The number of aliphatic hydroxyl groups is 1. The highest BCUT2D eigenvalue weighted by Gasteiger charge is 2.23. The standard InChI is InChI=1S/C18H19FN2O/c19-15-7-9-17(20-11-15)18(14-4-2-1-3-5-14)21-16-8-6-13(10-16)12-22/h1-9,11,13,16,18,21-22H,10,12H2/t13-,16+,18?/m0/s1. The van der Waals surface area contributed by atoms with E-state index in [1.54, 1.807) is 6.07 Å².